The minimum absolute atomic E-state index is 0.0244. The van der Waals surface area contributed by atoms with Gasteiger partial charge in [0.05, 0.1) is 5.56 Å². The fourth-order valence-corrected chi connectivity index (χ4v) is 3.84. The number of anilines is 1. The van der Waals surface area contributed by atoms with Crippen LogP contribution in [0, 0.1) is 11.7 Å². The Morgan fingerprint density at radius 3 is 2.55 bits per heavy atom. The van der Waals surface area contributed by atoms with Crippen molar-refractivity contribution >= 4 is 11.7 Å². The molecule has 2 heterocycles. The molecule has 1 aliphatic heterocycles. The van der Waals surface area contributed by atoms with Gasteiger partial charge in [0.25, 0.3) is 5.91 Å². The highest BCUT2D eigenvalue weighted by atomic mass is 19.1. The second kappa shape index (κ2) is 9.83. The van der Waals surface area contributed by atoms with Crippen LogP contribution in [0.1, 0.15) is 28.8 Å². The van der Waals surface area contributed by atoms with Crippen LogP contribution in [0.25, 0.3) is 0 Å². The Morgan fingerprint density at radius 1 is 1.17 bits per heavy atom. The van der Waals surface area contributed by atoms with Crippen molar-refractivity contribution in [2.45, 2.75) is 19.3 Å². The van der Waals surface area contributed by atoms with Gasteiger partial charge in [-0.15, -0.1) is 0 Å². The molecule has 29 heavy (non-hydrogen) atoms. The lowest BCUT2D eigenvalue weighted by Crippen LogP contribution is -2.40. The molecule has 5 nitrogen and oxygen atoms in total. The van der Waals surface area contributed by atoms with E-state index >= 15 is 0 Å². The molecule has 0 saturated carbocycles. The minimum atomic E-state index is -0.166. The number of halogens is 1. The van der Waals surface area contributed by atoms with E-state index in [0.717, 1.165) is 56.8 Å². The van der Waals surface area contributed by atoms with Crippen molar-refractivity contribution in [3.8, 4) is 0 Å². The second-order valence-electron chi connectivity index (χ2n) is 8.15. The average molecular weight is 399 g/mol. The van der Waals surface area contributed by atoms with E-state index in [-0.39, 0.29) is 11.7 Å². The number of benzene rings is 1. The third-order valence-corrected chi connectivity index (χ3v) is 5.64. The standard InChI is InChI=1S/C23H31FN4O/c1-26(2)22-8-7-20(16-25-22)23(29)27(3)17-19-10-13-28(14-11-19)12-9-18-5-4-6-21(24)15-18/h4-8,15-16,19H,9-14,17H2,1-3H3. The van der Waals surface area contributed by atoms with Crippen LogP contribution < -0.4 is 4.90 Å². The summed E-state index contributed by atoms with van der Waals surface area (Å²) in [6, 6.07) is 10.6. The van der Waals surface area contributed by atoms with Crippen LogP contribution in [0.2, 0.25) is 0 Å². The molecule has 1 aromatic heterocycles. The molecule has 0 radical (unpaired) electrons. The van der Waals surface area contributed by atoms with Gasteiger partial charge in [-0.05, 0) is 68.1 Å². The number of nitrogens with zero attached hydrogens (tertiary/aromatic N) is 4. The maximum atomic E-state index is 13.3. The molecule has 3 rings (SSSR count). The van der Waals surface area contributed by atoms with Crippen LogP contribution in [0.3, 0.4) is 0 Å². The number of piperidine rings is 1. The van der Waals surface area contributed by atoms with Gasteiger partial charge in [-0.3, -0.25) is 4.79 Å². The van der Waals surface area contributed by atoms with E-state index < -0.39 is 0 Å². The first-order valence-electron chi connectivity index (χ1n) is 10.3. The lowest BCUT2D eigenvalue weighted by atomic mass is 9.95. The van der Waals surface area contributed by atoms with Gasteiger partial charge in [0.2, 0.25) is 0 Å². The van der Waals surface area contributed by atoms with Crippen molar-refractivity contribution in [3.63, 3.8) is 0 Å². The van der Waals surface area contributed by atoms with Gasteiger partial charge in [0, 0.05) is 40.4 Å². The van der Waals surface area contributed by atoms with Crippen molar-refractivity contribution in [1.29, 1.82) is 0 Å². The molecule has 2 aromatic rings. The first-order chi connectivity index (χ1) is 13.9. The number of rotatable bonds is 7. The van der Waals surface area contributed by atoms with Gasteiger partial charge in [0.1, 0.15) is 11.6 Å². The lowest BCUT2D eigenvalue weighted by molar-refractivity contribution is 0.0740. The maximum absolute atomic E-state index is 13.3. The average Bonchev–Trinajstić information content (AvgIpc) is 2.73. The summed E-state index contributed by atoms with van der Waals surface area (Å²) in [6.07, 6.45) is 4.69. The summed E-state index contributed by atoms with van der Waals surface area (Å²) in [6.45, 7) is 3.78. The molecule has 1 saturated heterocycles. The van der Waals surface area contributed by atoms with E-state index in [9.17, 15) is 9.18 Å². The van der Waals surface area contributed by atoms with Crippen molar-refractivity contribution in [1.82, 2.24) is 14.8 Å². The molecule has 0 unspecified atom stereocenters. The summed E-state index contributed by atoms with van der Waals surface area (Å²) >= 11 is 0. The Labute approximate surface area is 173 Å². The Morgan fingerprint density at radius 2 is 1.93 bits per heavy atom. The normalized spacial score (nSPS) is 15.3. The molecule has 156 valence electrons. The molecule has 1 amide bonds. The Balaban J connectivity index is 1.43. The monoisotopic (exact) mass is 398 g/mol. The largest absolute Gasteiger partial charge is 0.363 e. The lowest BCUT2D eigenvalue weighted by Gasteiger charge is -2.34. The van der Waals surface area contributed by atoms with Gasteiger partial charge in [-0.2, -0.15) is 0 Å². The highest BCUT2D eigenvalue weighted by molar-refractivity contribution is 5.93. The summed E-state index contributed by atoms with van der Waals surface area (Å²) in [5.41, 5.74) is 1.68. The van der Waals surface area contributed by atoms with Crippen LogP contribution >= 0.6 is 0 Å². The molecule has 0 bridgehead atoms. The van der Waals surface area contributed by atoms with E-state index in [1.807, 2.05) is 49.1 Å². The van der Waals surface area contributed by atoms with Crippen LogP contribution in [0.4, 0.5) is 10.2 Å². The Kier molecular flexibility index (Phi) is 7.20. The quantitative estimate of drug-likeness (QED) is 0.717. The highest BCUT2D eigenvalue weighted by Crippen LogP contribution is 2.20. The maximum Gasteiger partial charge on any atom is 0.255 e. The van der Waals surface area contributed by atoms with E-state index in [1.54, 1.807) is 18.3 Å². The number of amides is 1. The van der Waals surface area contributed by atoms with Crippen molar-refractivity contribution in [2.24, 2.45) is 5.92 Å². The molecular formula is C23H31FN4O. The van der Waals surface area contributed by atoms with Crippen molar-refractivity contribution in [3.05, 3.63) is 59.5 Å². The van der Waals surface area contributed by atoms with Gasteiger partial charge in [0.15, 0.2) is 0 Å². The van der Waals surface area contributed by atoms with Gasteiger partial charge in [-0.1, -0.05) is 12.1 Å². The van der Waals surface area contributed by atoms with E-state index in [4.69, 9.17) is 0 Å². The molecule has 1 fully saturated rings. The zero-order valence-electron chi connectivity index (χ0n) is 17.6. The third-order valence-electron chi connectivity index (χ3n) is 5.64. The number of aromatic nitrogens is 1. The summed E-state index contributed by atoms with van der Waals surface area (Å²) < 4.78 is 13.3. The topological polar surface area (TPSA) is 39.7 Å². The van der Waals surface area contributed by atoms with Gasteiger partial charge >= 0.3 is 0 Å². The smallest absolute Gasteiger partial charge is 0.255 e. The number of likely N-dealkylation sites (tertiary alicyclic amines) is 1. The third kappa shape index (κ3) is 6.00. The fourth-order valence-electron chi connectivity index (χ4n) is 3.84. The minimum Gasteiger partial charge on any atom is -0.363 e. The molecule has 1 aliphatic rings. The number of carbonyl (C=O) groups is 1. The molecular weight excluding hydrogens is 367 g/mol. The van der Waals surface area contributed by atoms with E-state index in [1.165, 1.54) is 6.07 Å². The molecule has 0 N–H and O–H groups in total. The van der Waals surface area contributed by atoms with Crippen LogP contribution in [0.5, 0.6) is 0 Å². The number of pyridine rings is 1. The summed E-state index contributed by atoms with van der Waals surface area (Å²) in [5, 5.41) is 0. The number of hydrogen-bond acceptors (Lipinski definition) is 4. The van der Waals surface area contributed by atoms with E-state index in [0.29, 0.717) is 11.5 Å². The van der Waals surface area contributed by atoms with Gasteiger partial charge in [-0.25, -0.2) is 9.37 Å². The van der Waals surface area contributed by atoms with Crippen LogP contribution in [-0.2, 0) is 6.42 Å². The Bertz CT molecular complexity index is 801. The van der Waals surface area contributed by atoms with Crippen molar-refractivity contribution in [2.75, 3.05) is 52.2 Å². The second-order valence-corrected chi connectivity index (χ2v) is 8.15. The Hall–Kier alpha value is -2.47. The first kappa shape index (κ1) is 21.2. The fraction of sp³-hybridized carbons (Fsp3) is 0.478. The summed E-state index contributed by atoms with van der Waals surface area (Å²) in [4.78, 5) is 23.2. The van der Waals surface area contributed by atoms with Gasteiger partial charge < -0.3 is 14.7 Å². The molecule has 1 aromatic carbocycles. The molecule has 0 aliphatic carbocycles. The first-order valence-corrected chi connectivity index (χ1v) is 10.3. The van der Waals surface area contributed by atoms with Crippen LogP contribution in [0.15, 0.2) is 42.6 Å². The molecule has 0 atom stereocenters. The van der Waals surface area contributed by atoms with Crippen LogP contribution in [-0.4, -0.2) is 68.0 Å². The number of carbonyl (C=O) groups excluding carboxylic acids is 1. The highest BCUT2D eigenvalue weighted by Gasteiger charge is 2.22. The SMILES string of the molecule is CN(CC1CCN(CCc2cccc(F)c2)CC1)C(=O)c1ccc(N(C)C)nc1. The van der Waals surface area contributed by atoms with Crippen molar-refractivity contribution < 1.29 is 9.18 Å². The summed E-state index contributed by atoms with van der Waals surface area (Å²) in [5.74, 6) is 1.22. The number of hydrogen-bond donors (Lipinski definition) is 0. The molecule has 0 spiro atoms. The molecule has 6 heteroatoms. The predicted molar refractivity (Wildman–Crippen MR) is 115 cm³/mol. The zero-order chi connectivity index (χ0) is 20.8. The zero-order valence-corrected chi connectivity index (χ0v) is 17.6. The summed E-state index contributed by atoms with van der Waals surface area (Å²) in [7, 11) is 5.74. The van der Waals surface area contributed by atoms with E-state index in [2.05, 4.69) is 9.88 Å². The predicted octanol–water partition coefficient (Wildman–Crippen LogP) is 3.31.